The van der Waals surface area contributed by atoms with Gasteiger partial charge in [-0.3, -0.25) is 4.79 Å². The Kier molecular flexibility index (Phi) is 3.55. The van der Waals surface area contributed by atoms with Crippen molar-refractivity contribution in [2.75, 3.05) is 0 Å². The van der Waals surface area contributed by atoms with Crippen LogP contribution in [0.4, 0.5) is 0 Å². The largest absolute Gasteiger partial charge is 0.360 e. The number of Topliss-reactive ketones (excluding diaryl/α,β-unsaturated/α-hetero) is 1. The predicted octanol–water partition coefficient (Wildman–Crippen LogP) is 4.28. The van der Waals surface area contributed by atoms with E-state index in [1.807, 2.05) is 30.5 Å². The number of fused-ring (bicyclic) bond motifs is 1. The zero-order valence-corrected chi connectivity index (χ0v) is 11.5. The first-order valence-corrected chi connectivity index (χ1v) is 6.62. The molecule has 0 saturated carbocycles. The van der Waals surface area contributed by atoms with Gasteiger partial charge in [0.15, 0.2) is 5.78 Å². The summed E-state index contributed by atoms with van der Waals surface area (Å²) >= 11 is 0. The van der Waals surface area contributed by atoms with Crippen molar-refractivity contribution in [2.45, 2.75) is 27.7 Å². The molecule has 0 radical (unpaired) electrons. The Morgan fingerprint density at radius 3 is 2.28 bits per heavy atom. The minimum atomic E-state index is 0.0872. The Bertz CT molecular complexity index is 543. The summed E-state index contributed by atoms with van der Waals surface area (Å²) in [5.41, 5.74) is 1.87. The Labute approximate surface area is 108 Å². The summed E-state index contributed by atoms with van der Waals surface area (Å²) in [4.78, 5) is 15.9. The maximum absolute atomic E-state index is 12.7. The van der Waals surface area contributed by atoms with E-state index in [1.54, 1.807) is 0 Å². The first-order valence-electron chi connectivity index (χ1n) is 6.62. The molecule has 2 heteroatoms. The summed E-state index contributed by atoms with van der Waals surface area (Å²) in [5, 5.41) is 1.04. The van der Waals surface area contributed by atoms with Crippen LogP contribution in [-0.4, -0.2) is 10.8 Å². The summed E-state index contributed by atoms with van der Waals surface area (Å²) < 4.78 is 0. The molecule has 2 rings (SSSR count). The highest BCUT2D eigenvalue weighted by Gasteiger charge is 2.27. The Balaban J connectivity index is 2.44. The van der Waals surface area contributed by atoms with E-state index in [0.717, 1.165) is 16.5 Å². The van der Waals surface area contributed by atoms with Crippen LogP contribution in [0.25, 0.3) is 10.9 Å². The number of hydrogen-bond donors (Lipinski definition) is 1. The molecule has 18 heavy (non-hydrogen) atoms. The summed E-state index contributed by atoms with van der Waals surface area (Å²) in [6.07, 6.45) is 1.85. The van der Waals surface area contributed by atoms with Crippen LogP contribution in [0.5, 0.6) is 0 Å². The van der Waals surface area contributed by atoms with E-state index in [4.69, 9.17) is 0 Å². The van der Waals surface area contributed by atoms with Gasteiger partial charge >= 0.3 is 0 Å². The second kappa shape index (κ2) is 4.97. The minimum absolute atomic E-state index is 0.0872. The van der Waals surface area contributed by atoms with Gasteiger partial charge in [0.05, 0.1) is 0 Å². The molecule has 0 aliphatic rings. The Morgan fingerprint density at radius 1 is 1.06 bits per heavy atom. The van der Waals surface area contributed by atoms with Crippen LogP contribution in [0.1, 0.15) is 38.1 Å². The summed E-state index contributed by atoms with van der Waals surface area (Å²) in [6.45, 7) is 8.49. The SMILES string of the molecule is CC(C)C(C(=O)c1c[nH]c2ccccc12)C(C)C. The van der Waals surface area contributed by atoms with Gasteiger partial charge in [0.25, 0.3) is 0 Å². The first kappa shape index (κ1) is 12.9. The smallest absolute Gasteiger partial charge is 0.168 e. The second-order valence-electron chi connectivity index (χ2n) is 5.63. The lowest BCUT2D eigenvalue weighted by atomic mass is 9.80. The number of hydrogen-bond acceptors (Lipinski definition) is 1. The molecule has 0 aliphatic heterocycles. The number of carbonyl (C=O) groups excluding carboxylic acids is 1. The molecule has 1 heterocycles. The van der Waals surface area contributed by atoms with Crippen LogP contribution < -0.4 is 0 Å². The van der Waals surface area contributed by atoms with Crippen molar-refractivity contribution in [3.8, 4) is 0 Å². The molecule has 0 saturated heterocycles. The highest BCUT2D eigenvalue weighted by molar-refractivity contribution is 6.09. The zero-order chi connectivity index (χ0) is 13.3. The van der Waals surface area contributed by atoms with E-state index >= 15 is 0 Å². The van der Waals surface area contributed by atoms with Crippen molar-refractivity contribution in [3.63, 3.8) is 0 Å². The third-order valence-electron chi connectivity index (χ3n) is 3.59. The molecule has 1 aromatic carbocycles. The second-order valence-corrected chi connectivity index (χ2v) is 5.63. The van der Waals surface area contributed by atoms with Crippen LogP contribution in [0.2, 0.25) is 0 Å². The molecule has 2 aromatic rings. The van der Waals surface area contributed by atoms with Crippen molar-refractivity contribution >= 4 is 16.7 Å². The Morgan fingerprint density at radius 2 is 1.67 bits per heavy atom. The van der Waals surface area contributed by atoms with Crippen molar-refractivity contribution in [1.82, 2.24) is 4.98 Å². The van der Waals surface area contributed by atoms with E-state index in [9.17, 15) is 4.79 Å². The molecule has 0 spiro atoms. The van der Waals surface area contributed by atoms with Gasteiger partial charge in [0, 0.05) is 28.6 Å². The number of aromatic nitrogens is 1. The van der Waals surface area contributed by atoms with E-state index < -0.39 is 0 Å². The van der Waals surface area contributed by atoms with Gasteiger partial charge in [0.2, 0.25) is 0 Å². The fourth-order valence-corrected chi connectivity index (χ4v) is 2.83. The van der Waals surface area contributed by atoms with E-state index in [-0.39, 0.29) is 11.7 Å². The lowest BCUT2D eigenvalue weighted by molar-refractivity contribution is 0.0841. The summed E-state index contributed by atoms with van der Waals surface area (Å²) in [7, 11) is 0. The first-order chi connectivity index (χ1) is 8.52. The summed E-state index contributed by atoms with van der Waals surface area (Å²) in [5.74, 6) is 1.08. The monoisotopic (exact) mass is 243 g/mol. The molecular formula is C16H21NO. The fourth-order valence-electron chi connectivity index (χ4n) is 2.83. The highest BCUT2D eigenvalue weighted by Crippen LogP contribution is 2.28. The number of aromatic amines is 1. The predicted molar refractivity (Wildman–Crippen MR) is 75.8 cm³/mol. The number of carbonyl (C=O) groups is 1. The molecule has 2 nitrogen and oxygen atoms in total. The van der Waals surface area contributed by atoms with Gasteiger partial charge in [-0.15, -0.1) is 0 Å². The molecule has 0 amide bonds. The van der Waals surface area contributed by atoms with Crippen LogP contribution in [0, 0.1) is 17.8 Å². The number of para-hydroxylation sites is 1. The Hall–Kier alpha value is -1.57. The third kappa shape index (κ3) is 2.20. The average molecular weight is 243 g/mol. The van der Waals surface area contributed by atoms with Crippen molar-refractivity contribution in [3.05, 3.63) is 36.0 Å². The number of rotatable bonds is 4. The fraction of sp³-hybridized carbons (Fsp3) is 0.438. The van der Waals surface area contributed by atoms with Crippen LogP contribution >= 0.6 is 0 Å². The standard InChI is InChI=1S/C16H21NO/c1-10(2)15(11(3)4)16(18)13-9-17-14-8-6-5-7-12(13)14/h5-11,15,17H,1-4H3. The number of H-pyrrole nitrogens is 1. The molecular weight excluding hydrogens is 222 g/mol. The number of benzene rings is 1. The number of ketones is 1. The molecule has 1 N–H and O–H groups in total. The highest BCUT2D eigenvalue weighted by atomic mass is 16.1. The van der Waals surface area contributed by atoms with Crippen molar-refractivity contribution in [1.29, 1.82) is 0 Å². The minimum Gasteiger partial charge on any atom is -0.360 e. The van der Waals surface area contributed by atoms with E-state index in [0.29, 0.717) is 11.8 Å². The molecule has 0 bridgehead atoms. The third-order valence-corrected chi connectivity index (χ3v) is 3.59. The zero-order valence-electron chi connectivity index (χ0n) is 11.5. The molecule has 0 unspecified atom stereocenters. The van der Waals surface area contributed by atoms with Crippen molar-refractivity contribution < 1.29 is 4.79 Å². The van der Waals surface area contributed by atoms with Crippen LogP contribution in [0.3, 0.4) is 0 Å². The van der Waals surface area contributed by atoms with E-state index in [1.165, 1.54) is 0 Å². The quantitative estimate of drug-likeness (QED) is 0.799. The topological polar surface area (TPSA) is 32.9 Å². The average Bonchev–Trinajstić information content (AvgIpc) is 2.71. The molecule has 1 aromatic heterocycles. The molecule has 0 fully saturated rings. The normalized spacial score (nSPS) is 11.9. The molecule has 96 valence electrons. The van der Waals surface area contributed by atoms with E-state index in [2.05, 4.69) is 32.7 Å². The maximum atomic E-state index is 12.7. The lowest BCUT2D eigenvalue weighted by Gasteiger charge is -2.23. The maximum Gasteiger partial charge on any atom is 0.168 e. The van der Waals surface area contributed by atoms with Gasteiger partial charge in [-0.2, -0.15) is 0 Å². The molecule has 0 atom stereocenters. The lowest BCUT2D eigenvalue weighted by Crippen LogP contribution is -2.25. The number of nitrogens with one attached hydrogen (secondary N) is 1. The summed E-state index contributed by atoms with van der Waals surface area (Å²) in [6, 6.07) is 7.98. The van der Waals surface area contributed by atoms with Gasteiger partial charge in [0.1, 0.15) is 0 Å². The van der Waals surface area contributed by atoms with Gasteiger partial charge in [-0.1, -0.05) is 45.9 Å². The van der Waals surface area contributed by atoms with Crippen LogP contribution in [0.15, 0.2) is 30.5 Å². The molecule has 0 aliphatic carbocycles. The van der Waals surface area contributed by atoms with Crippen LogP contribution in [-0.2, 0) is 0 Å². The van der Waals surface area contributed by atoms with Gasteiger partial charge < -0.3 is 4.98 Å². The van der Waals surface area contributed by atoms with Gasteiger partial charge in [-0.05, 0) is 17.9 Å². The van der Waals surface area contributed by atoms with Gasteiger partial charge in [-0.25, -0.2) is 0 Å². The van der Waals surface area contributed by atoms with Crippen molar-refractivity contribution in [2.24, 2.45) is 17.8 Å².